The van der Waals surface area contributed by atoms with Gasteiger partial charge in [0.05, 0.1) is 0 Å². The minimum Gasteiger partial charge on any atom is -0.508 e. The number of aromatic nitrogens is 1. The summed E-state index contributed by atoms with van der Waals surface area (Å²) < 4.78 is 0. The van der Waals surface area contributed by atoms with Crippen molar-refractivity contribution in [3.63, 3.8) is 0 Å². The molecule has 4 rings (SSSR count). The summed E-state index contributed by atoms with van der Waals surface area (Å²) in [6.45, 7) is 6.44. The highest BCUT2D eigenvalue weighted by Crippen LogP contribution is 2.36. The van der Waals surface area contributed by atoms with Crippen molar-refractivity contribution in [1.82, 2.24) is 14.8 Å². The number of hydrogen-bond donors (Lipinski definition) is 3. The van der Waals surface area contributed by atoms with Crippen LogP contribution in [0.5, 0.6) is 5.75 Å². The summed E-state index contributed by atoms with van der Waals surface area (Å²) in [6.07, 6.45) is 6.00. The molecule has 0 saturated carbocycles. The molecule has 1 fully saturated rings. The number of phenols is 1. The average Bonchev–Trinajstić information content (AvgIpc) is 2.88. The number of carbonyl (C=O) groups excluding carboxylic acids is 1. The Hall–Kier alpha value is -3.58. The molecule has 7 heteroatoms. The van der Waals surface area contributed by atoms with Crippen molar-refractivity contribution in [2.24, 2.45) is 5.73 Å². The summed E-state index contributed by atoms with van der Waals surface area (Å²) in [7, 11) is 0. The van der Waals surface area contributed by atoms with Crippen molar-refractivity contribution >= 4 is 11.8 Å². The van der Waals surface area contributed by atoms with E-state index in [2.05, 4.69) is 41.1 Å². The Kier molecular flexibility index (Phi) is 7.87. The van der Waals surface area contributed by atoms with Crippen molar-refractivity contribution in [2.45, 2.75) is 32.6 Å². The van der Waals surface area contributed by atoms with Crippen molar-refractivity contribution in [2.75, 3.05) is 38.5 Å². The maximum Gasteiger partial charge on any atom is 0.314 e. The molecule has 7 nitrogen and oxygen atoms in total. The predicted molar refractivity (Wildman–Crippen MR) is 141 cm³/mol. The number of nitrogens with two attached hydrogens (primary N) is 2. The molecule has 0 aliphatic carbocycles. The highest BCUT2D eigenvalue weighted by molar-refractivity contribution is 5.84. The zero-order valence-electron chi connectivity index (χ0n) is 20.4. The molecule has 1 aliphatic rings. The molecular formula is C28H35N5O2. The lowest BCUT2D eigenvalue weighted by Gasteiger charge is -2.33. The number of pyridine rings is 1. The van der Waals surface area contributed by atoms with Gasteiger partial charge in [-0.15, -0.1) is 0 Å². The van der Waals surface area contributed by atoms with E-state index in [-0.39, 0.29) is 11.8 Å². The van der Waals surface area contributed by atoms with Gasteiger partial charge in [0, 0.05) is 43.5 Å². The maximum atomic E-state index is 11.2. The lowest BCUT2D eigenvalue weighted by atomic mass is 9.91. The first-order valence-corrected chi connectivity index (χ1v) is 12.4. The minimum atomic E-state index is -0.314. The van der Waals surface area contributed by atoms with Gasteiger partial charge in [0.25, 0.3) is 0 Å². The molecule has 0 atom stereocenters. The second kappa shape index (κ2) is 11.2. The molecule has 2 aromatic carbocycles. The highest BCUT2D eigenvalue weighted by Gasteiger charge is 2.18. The van der Waals surface area contributed by atoms with Crippen LogP contribution in [0.3, 0.4) is 0 Å². The van der Waals surface area contributed by atoms with Gasteiger partial charge < -0.3 is 21.5 Å². The zero-order chi connectivity index (χ0) is 24.8. The number of nitrogens with zero attached hydrogens (tertiary/aromatic N) is 3. The summed E-state index contributed by atoms with van der Waals surface area (Å²) >= 11 is 0. The second-order valence-electron chi connectivity index (χ2n) is 9.13. The second-order valence-corrected chi connectivity index (χ2v) is 9.13. The summed E-state index contributed by atoms with van der Waals surface area (Å²) in [5.41, 5.74) is 18.2. The number of primary amides is 1. The summed E-state index contributed by atoms with van der Waals surface area (Å²) in [5.74, 6) is 0.736. The van der Waals surface area contributed by atoms with Crippen LogP contribution in [0, 0.1) is 0 Å². The van der Waals surface area contributed by atoms with Gasteiger partial charge in [-0.1, -0.05) is 43.3 Å². The van der Waals surface area contributed by atoms with Crippen LogP contribution in [0.4, 0.5) is 10.6 Å². The molecule has 1 saturated heterocycles. The van der Waals surface area contributed by atoms with E-state index in [1.54, 1.807) is 17.0 Å². The Morgan fingerprint density at radius 2 is 1.63 bits per heavy atom. The molecular weight excluding hydrogens is 438 g/mol. The summed E-state index contributed by atoms with van der Waals surface area (Å²) in [6, 6.07) is 15.6. The molecule has 0 spiro atoms. The van der Waals surface area contributed by atoms with Gasteiger partial charge in [0.2, 0.25) is 0 Å². The van der Waals surface area contributed by atoms with E-state index in [0.29, 0.717) is 5.82 Å². The fourth-order valence-electron chi connectivity index (χ4n) is 4.84. The molecule has 1 aliphatic heterocycles. The molecule has 5 N–H and O–H groups in total. The monoisotopic (exact) mass is 473 g/mol. The third-order valence-corrected chi connectivity index (χ3v) is 6.86. The number of urea groups is 1. The lowest BCUT2D eigenvalue weighted by Crippen LogP contribution is -2.50. The molecule has 184 valence electrons. The topological polar surface area (TPSA) is 109 Å². The van der Waals surface area contributed by atoms with E-state index in [4.69, 9.17) is 11.5 Å². The Morgan fingerprint density at radius 1 is 0.971 bits per heavy atom. The third-order valence-electron chi connectivity index (χ3n) is 6.86. The van der Waals surface area contributed by atoms with E-state index in [9.17, 15) is 9.90 Å². The molecule has 1 aromatic heterocycles. The van der Waals surface area contributed by atoms with E-state index in [1.807, 2.05) is 18.3 Å². The molecule has 0 unspecified atom stereocenters. The Balaban J connectivity index is 1.38. The first-order valence-electron chi connectivity index (χ1n) is 12.4. The third kappa shape index (κ3) is 5.92. The van der Waals surface area contributed by atoms with E-state index < -0.39 is 0 Å². The fourth-order valence-corrected chi connectivity index (χ4v) is 4.84. The van der Waals surface area contributed by atoms with Crippen LogP contribution in [0.25, 0.3) is 22.3 Å². The maximum absolute atomic E-state index is 11.2. The predicted octanol–water partition coefficient (Wildman–Crippen LogP) is 4.28. The average molecular weight is 474 g/mol. The summed E-state index contributed by atoms with van der Waals surface area (Å²) in [5, 5.41) is 9.66. The number of nitrogen functional groups attached to an aromatic ring is 1. The lowest BCUT2D eigenvalue weighted by molar-refractivity contribution is 0.143. The normalized spacial score (nSPS) is 14.3. The number of hydrogen-bond acceptors (Lipinski definition) is 5. The van der Waals surface area contributed by atoms with Crippen LogP contribution in [0.2, 0.25) is 0 Å². The van der Waals surface area contributed by atoms with Gasteiger partial charge in [-0.3, -0.25) is 4.90 Å². The standard InChI is InChI=1S/C28H35N5O2/c1-2-24-25(19-31-27(29)26(24)22-10-12-23(34)13-11-22)21-8-6-20(7-9-21)5-3-4-14-32-15-17-33(18-16-32)28(30)35/h6-13,19,34H,2-5,14-18H2,1H3,(H2,29,31)(H2,30,35). The largest absolute Gasteiger partial charge is 0.508 e. The van der Waals surface area contributed by atoms with Crippen molar-refractivity contribution in [3.05, 3.63) is 65.9 Å². The Morgan fingerprint density at radius 3 is 2.26 bits per heavy atom. The van der Waals surface area contributed by atoms with Crippen LogP contribution in [0.15, 0.2) is 54.7 Å². The Labute approximate surface area is 207 Å². The number of phenolic OH excluding ortho intramolecular Hbond substituents is 1. The van der Waals surface area contributed by atoms with Crippen LogP contribution in [-0.4, -0.2) is 58.6 Å². The molecule has 2 heterocycles. The molecule has 35 heavy (non-hydrogen) atoms. The fraction of sp³-hybridized carbons (Fsp3) is 0.357. The SMILES string of the molecule is CCc1c(-c2ccc(CCCCN3CCN(C(N)=O)CC3)cc2)cnc(N)c1-c1ccc(O)cc1. The number of aromatic hydroxyl groups is 1. The quantitative estimate of drug-likeness (QED) is 0.423. The van der Waals surface area contributed by atoms with E-state index in [1.165, 1.54) is 5.56 Å². The number of aryl methyl sites for hydroxylation is 1. The molecule has 0 bridgehead atoms. The zero-order valence-corrected chi connectivity index (χ0v) is 20.4. The molecule has 0 radical (unpaired) electrons. The highest BCUT2D eigenvalue weighted by atomic mass is 16.3. The number of benzene rings is 2. The number of carbonyl (C=O) groups is 1. The van der Waals surface area contributed by atoms with Gasteiger partial charge in [-0.05, 0) is 66.6 Å². The molecule has 3 aromatic rings. The smallest absolute Gasteiger partial charge is 0.314 e. The van der Waals surface area contributed by atoms with E-state index >= 15 is 0 Å². The van der Waals surface area contributed by atoms with Gasteiger partial charge in [-0.2, -0.15) is 0 Å². The van der Waals surface area contributed by atoms with Crippen molar-refractivity contribution in [1.29, 1.82) is 0 Å². The number of rotatable bonds is 8. The van der Waals surface area contributed by atoms with Crippen molar-refractivity contribution < 1.29 is 9.90 Å². The van der Waals surface area contributed by atoms with Gasteiger partial charge in [0.15, 0.2) is 0 Å². The summed E-state index contributed by atoms with van der Waals surface area (Å²) in [4.78, 5) is 19.9. The van der Waals surface area contributed by atoms with Gasteiger partial charge in [-0.25, -0.2) is 9.78 Å². The minimum absolute atomic E-state index is 0.232. The van der Waals surface area contributed by atoms with Crippen LogP contribution < -0.4 is 11.5 Å². The van der Waals surface area contributed by atoms with Gasteiger partial charge >= 0.3 is 6.03 Å². The number of anilines is 1. The number of piperazine rings is 1. The first kappa shape index (κ1) is 24.5. The Bertz CT molecular complexity index is 1140. The molecule has 2 amide bonds. The van der Waals surface area contributed by atoms with Crippen LogP contribution >= 0.6 is 0 Å². The van der Waals surface area contributed by atoms with E-state index in [0.717, 1.165) is 86.2 Å². The van der Waals surface area contributed by atoms with Crippen LogP contribution in [0.1, 0.15) is 30.9 Å². The van der Waals surface area contributed by atoms with Gasteiger partial charge in [0.1, 0.15) is 11.6 Å². The number of amides is 2. The first-order chi connectivity index (χ1) is 17.0. The van der Waals surface area contributed by atoms with Crippen LogP contribution in [-0.2, 0) is 12.8 Å². The number of unbranched alkanes of at least 4 members (excludes halogenated alkanes) is 1. The van der Waals surface area contributed by atoms with Crippen molar-refractivity contribution in [3.8, 4) is 28.0 Å².